The zero-order valence-electron chi connectivity index (χ0n) is 8.03. The number of benzene rings is 1. The van der Waals surface area contributed by atoms with Gasteiger partial charge in [0, 0.05) is 5.56 Å². The molecule has 1 nitrogen and oxygen atoms in total. The van der Waals surface area contributed by atoms with Crippen LogP contribution in [0.4, 0.5) is 30.7 Å². The van der Waals surface area contributed by atoms with Crippen molar-refractivity contribution in [2.24, 2.45) is 5.73 Å². The lowest BCUT2D eigenvalue weighted by atomic mass is 10.0. The van der Waals surface area contributed by atoms with Crippen LogP contribution in [0.1, 0.15) is 17.2 Å². The van der Waals surface area contributed by atoms with Gasteiger partial charge in [-0.15, -0.1) is 0 Å². The molecule has 1 atom stereocenters. The van der Waals surface area contributed by atoms with Gasteiger partial charge in [-0.05, 0) is 6.07 Å². The van der Waals surface area contributed by atoms with E-state index in [2.05, 4.69) is 5.73 Å². The van der Waals surface area contributed by atoms with Gasteiger partial charge in [-0.2, -0.15) is 26.3 Å². The predicted molar refractivity (Wildman–Crippen MR) is 44.4 cm³/mol. The quantitative estimate of drug-likeness (QED) is 0.770. The summed E-state index contributed by atoms with van der Waals surface area (Å²) >= 11 is 0. The van der Waals surface area contributed by atoms with Gasteiger partial charge in [-0.1, -0.05) is 12.1 Å². The van der Waals surface area contributed by atoms with Crippen molar-refractivity contribution < 1.29 is 30.7 Å². The van der Waals surface area contributed by atoms with Crippen LogP contribution in [0.5, 0.6) is 0 Å². The molecule has 8 heteroatoms. The molecule has 1 aromatic rings. The maximum absolute atomic E-state index is 13.2. The molecule has 0 aliphatic carbocycles. The first-order chi connectivity index (χ1) is 7.55. The summed E-state index contributed by atoms with van der Waals surface area (Å²) in [6.07, 6.45) is -10.1. The maximum Gasteiger partial charge on any atom is 0.419 e. The second-order valence-electron chi connectivity index (χ2n) is 3.23. The van der Waals surface area contributed by atoms with Gasteiger partial charge >= 0.3 is 12.4 Å². The fourth-order valence-electron chi connectivity index (χ4n) is 1.19. The third kappa shape index (κ3) is 2.87. The third-order valence-electron chi connectivity index (χ3n) is 2.02. The van der Waals surface area contributed by atoms with Crippen molar-refractivity contribution in [1.29, 1.82) is 0 Å². The Balaban J connectivity index is 3.30. The van der Waals surface area contributed by atoms with Gasteiger partial charge in [0.1, 0.15) is 11.9 Å². The van der Waals surface area contributed by atoms with E-state index in [-0.39, 0.29) is 0 Å². The Morgan fingerprint density at radius 1 is 1.00 bits per heavy atom. The first kappa shape index (κ1) is 13.8. The molecule has 0 saturated carbocycles. The van der Waals surface area contributed by atoms with Gasteiger partial charge in [-0.3, -0.25) is 0 Å². The number of rotatable bonds is 1. The van der Waals surface area contributed by atoms with Crippen molar-refractivity contribution in [2.45, 2.75) is 18.4 Å². The Kier molecular flexibility index (Phi) is 3.37. The van der Waals surface area contributed by atoms with E-state index in [0.717, 1.165) is 0 Å². The van der Waals surface area contributed by atoms with Crippen molar-refractivity contribution in [3.8, 4) is 0 Å². The van der Waals surface area contributed by atoms with Crippen LogP contribution in [0, 0.1) is 5.82 Å². The van der Waals surface area contributed by atoms with Crippen molar-refractivity contribution >= 4 is 0 Å². The van der Waals surface area contributed by atoms with E-state index in [1.807, 2.05) is 0 Å². The van der Waals surface area contributed by atoms with E-state index in [9.17, 15) is 30.7 Å². The molecule has 0 amide bonds. The molecule has 0 saturated heterocycles. The van der Waals surface area contributed by atoms with Crippen LogP contribution in [0.25, 0.3) is 0 Å². The topological polar surface area (TPSA) is 26.0 Å². The maximum atomic E-state index is 13.2. The van der Waals surface area contributed by atoms with E-state index in [4.69, 9.17) is 0 Å². The van der Waals surface area contributed by atoms with Crippen LogP contribution >= 0.6 is 0 Å². The Bertz CT molecular complexity index is 407. The monoisotopic (exact) mass is 261 g/mol. The summed E-state index contributed by atoms with van der Waals surface area (Å²) in [5.41, 5.74) is 1.65. The van der Waals surface area contributed by atoms with Gasteiger partial charge in [0.15, 0.2) is 0 Å². The lowest BCUT2D eigenvalue weighted by molar-refractivity contribution is -0.151. The fraction of sp³-hybridized carbons (Fsp3) is 0.333. The summed E-state index contributed by atoms with van der Waals surface area (Å²) in [6.45, 7) is 0. The molecule has 17 heavy (non-hydrogen) atoms. The molecule has 0 fully saturated rings. The molecule has 1 unspecified atom stereocenters. The Hall–Kier alpha value is -1.31. The molecule has 96 valence electrons. The van der Waals surface area contributed by atoms with E-state index >= 15 is 0 Å². The van der Waals surface area contributed by atoms with E-state index in [1.165, 1.54) is 0 Å². The van der Waals surface area contributed by atoms with Gasteiger partial charge in [0.25, 0.3) is 0 Å². The van der Waals surface area contributed by atoms with Crippen LogP contribution in [-0.4, -0.2) is 6.18 Å². The molecule has 0 spiro atoms. The second-order valence-corrected chi connectivity index (χ2v) is 3.23. The number of halogens is 7. The standard InChI is InChI=1S/C9H6F7N/c10-6-4(7(17)9(14,15)16)2-1-3-5(6)8(11,12)13/h1-3,7H,17H2. The minimum atomic E-state index is -5.06. The van der Waals surface area contributed by atoms with Gasteiger partial charge in [0.05, 0.1) is 5.56 Å². The fourth-order valence-corrected chi connectivity index (χ4v) is 1.19. The van der Waals surface area contributed by atoms with E-state index in [0.29, 0.717) is 18.2 Å². The lowest BCUT2D eigenvalue weighted by Gasteiger charge is -2.18. The average molecular weight is 261 g/mol. The van der Waals surface area contributed by atoms with Crippen LogP contribution in [0.15, 0.2) is 18.2 Å². The molecule has 2 N–H and O–H groups in total. The third-order valence-corrected chi connectivity index (χ3v) is 2.02. The van der Waals surface area contributed by atoms with E-state index < -0.39 is 35.3 Å². The molecule has 0 aliphatic heterocycles. The predicted octanol–water partition coefficient (Wildman–Crippen LogP) is 3.41. The summed E-state index contributed by atoms with van der Waals surface area (Å²) in [7, 11) is 0. The zero-order valence-corrected chi connectivity index (χ0v) is 8.03. The summed E-state index contributed by atoms with van der Waals surface area (Å²) < 4.78 is 86.4. The van der Waals surface area contributed by atoms with Gasteiger partial charge < -0.3 is 5.73 Å². The van der Waals surface area contributed by atoms with E-state index in [1.54, 1.807) is 0 Å². The highest BCUT2D eigenvalue weighted by atomic mass is 19.4. The molecule has 0 radical (unpaired) electrons. The Morgan fingerprint density at radius 2 is 1.53 bits per heavy atom. The van der Waals surface area contributed by atoms with Crippen molar-refractivity contribution in [3.63, 3.8) is 0 Å². The molecule has 0 aromatic heterocycles. The van der Waals surface area contributed by atoms with Crippen molar-refractivity contribution in [1.82, 2.24) is 0 Å². The number of nitrogens with two attached hydrogens (primary N) is 1. The normalized spacial score (nSPS) is 14.8. The first-order valence-corrected chi connectivity index (χ1v) is 4.23. The lowest BCUT2D eigenvalue weighted by Crippen LogP contribution is -2.30. The molecule has 1 aromatic carbocycles. The minimum Gasteiger partial charge on any atom is -0.316 e. The Morgan fingerprint density at radius 3 is 1.94 bits per heavy atom. The summed E-state index contributed by atoms with van der Waals surface area (Å²) in [5.74, 6) is -2.00. The average Bonchev–Trinajstić information content (AvgIpc) is 2.13. The SMILES string of the molecule is NC(c1cccc(C(F)(F)F)c1F)C(F)(F)F. The highest BCUT2D eigenvalue weighted by Gasteiger charge is 2.42. The van der Waals surface area contributed by atoms with Gasteiger partial charge in [0.2, 0.25) is 0 Å². The second kappa shape index (κ2) is 4.17. The largest absolute Gasteiger partial charge is 0.419 e. The van der Waals surface area contributed by atoms with Crippen molar-refractivity contribution in [2.75, 3.05) is 0 Å². The van der Waals surface area contributed by atoms with Crippen LogP contribution in [-0.2, 0) is 6.18 Å². The van der Waals surface area contributed by atoms with Crippen LogP contribution < -0.4 is 5.73 Å². The van der Waals surface area contributed by atoms with Crippen molar-refractivity contribution in [3.05, 3.63) is 35.1 Å². The highest BCUT2D eigenvalue weighted by Crippen LogP contribution is 2.37. The highest BCUT2D eigenvalue weighted by molar-refractivity contribution is 5.30. The van der Waals surface area contributed by atoms with Crippen LogP contribution in [0.2, 0.25) is 0 Å². The van der Waals surface area contributed by atoms with Gasteiger partial charge in [-0.25, -0.2) is 4.39 Å². The minimum absolute atomic E-state index is 0.349. The molecule has 0 aliphatic rings. The summed E-state index contributed by atoms with van der Waals surface area (Å²) in [5, 5.41) is 0. The number of hydrogen-bond donors (Lipinski definition) is 1. The first-order valence-electron chi connectivity index (χ1n) is 4.23. The zero-order chi connectivity index (χ0) is 13.4. The van der Waals surface area contributed by atoms with Crippen LogP contribution in [0.3, 0.4) is 0 Å². The molecule has 1 rings (SSSR count). The number of alkyl halides is 6. The smallest absolute Gasteiger partial charge is 0.316 e. The molecular weight excluding hydrogens is 255 g/mol. The molecular formula is C9H6F7N. The molecule has 0 heterocycles. The summed E-state index contributed by atoms with van der Waals surface area (Å²) in [6, 6.07) is -1.19. The molecule has 0 bridgehead atoms. The number of hydrogen-bond acceptors (Lipinski definition) is 1. The Labute approximate surface area is 91.0 Å². The summed E-state index contributed by atoms with van der Waals surface area (Å²) in [4.78, 5) is 0.